The van der Waals surface area contributed by atoms with Gasteiger partial charge in [0.25, 0.3) is 5.89 Å². The maximum absolute atomic E-state index is 12.2. The van der Waals surface area contributed by atoms with E-state index in [0.29, 0.717) is 29.0 Å². The van der Waals surface area contributed by atoms with Gasteiger partial charge in [0.05, 0.1) is 6.33 Å². The Balaban J connectivity index is 1.39. The number of benzene rings is 1. The molecule has 0 aliphatic heterocycles. The molecule has 0 spiro atoms. The average molecular weight is 395 g/mol. The zero-order valence-corrected chi connectivity index (χ0v) is 15.4. The number of imidazole rings is 1. The molecule has 28 heavy (non-hydrogen) atoms. The fraction of sp³-hybridized carbons (Fsp3) is 0.105. The number of hydrogen-bond acceptors (Lipinski definition) is 6. The second-order valence-corrected chi connectivity index (χ2v) is 6.37. The van der Waals surface area contributed by atoms with E-state index in [1.165, 1.54) is 0 Å². The number of nitrogens with one attached hydrogen (secondary N) is 1. The SMILES string of the molecule is O=C(Cn1cnc(-c2noc(-c3ccncc3)n2)c1)NCc1ccccc1Cl. The lowest BCUT2D eigenvalue weighted by Gasteiger charge is -2.07. The van der Waals surface area contributed by atoms with Crippen LogP contribution < -0.4 is 5.32 Å². The van der Waals surface area contributed by atoms with Crippen molar-refractivity contribution in [2.75, 3.05) is 0 Å². The molecule has 0 aliphatic rings. The van der Waals surface area contributed by atoms with Crippen molar-refractivity contribution in [1.82, 2.24) is 30.0 Å². The first-order valence-electron chi connectivity index (χ1n) is 8.45. The number of amides is 1. The molecular weight excluding hydrogens is 380 g/mol. The molecule has 0 atom stereocenters. The molecular formula is C19H15ClN6O2. The summed E-state index contributed by atoms with van der Waals surface area (Å²) in [6, 6.07) is 10.9. The smallest absolute Gasteiger partial charge is 0.258 e. The van der Waals surface area contributed by atoms with Crippen LogP contribution in [0, 0.1) is 0 Å². The van der Waals surface area contributed by atoms with Gasteiger partial charge >= 0.3 is 0 Å². The number of carbonyl (C=O) groups excluding carboxylic acids is 1. The highest BCUT2D eigenvalue weighted by Gasteiger charge is 2.13. The molecule has 1 aromatic carbocycles. The van der Waals surface area contributed by atoms with Crippen LogP contribution in [0.1, 0.15) is 5.56 Å². The van der Waals surface area contributed by atoms with Crippen LogP contribution in [0.2, 0.25) is 5.02 Å². The van der Waals surface area contributed by atoms with E-state index < -0.39 is 0 Å². The first kappa shape index (κ1) is 17.9. The van der Waals surface area contributed by atoms with Gasteiger partial charge in [0, 0.05) is 35.7 Å². The normalized spacial score (nSPS) is 10.8. The van der Waals surface area contributed by atoms with E-state index in [1.54, 1.807) is 47.7 Å². The van der Waals surface area contributed by atoms with Crippen LogP contribution in [0.25, 0.3) is 23.0 Å². The fourth-order valence-corrected chi connectivity index (χ4v) is 2.76. The molecule has 0 saturated heterocycles. The predicted molar refractivity (Wildman–Crippen MR) is 102 cm³/mol. The van der Waals surface area contributed by atoms with Gasteiger partial charge in [-0.2, -0.15) is 4.98 Å². The van der Waals surface area contributed by atoms with Crippen molar-refractivity contribution < 1.29 is 9.32 Å². The topological polar surface area (TPSA) is 98.7 Å². The minimum Gasteiger partial charge on any atom is -0.350 e. The van der Waals surface area contributed by atoms with Gasteiger partial charge in [-0.05, 0) is 23.8 Å². The summed E-state index contributed by atoms with van der Waals surface area (Å²) in [5, 5.41) is 7.40. The lowest BCUT2D eigenvalue weighted by atomic mass is 10.2. The number of rotatable bonds is 6. The van der Waals surface area contributed by atoms with Crippen molar-refractivity contribution in [3.63, 3.8) is 0 Å². The fourth-order valence-electron chi connectivity index (χ4n) is 2.56. The maximum Gasteiger partial charge on any atom is 0.258 e. The highest BCUT2D eigenvalue weighted by molar-refractivity contribution is 6.31. The summed E-state index contributed by atoms with van der Waals surface area (Å²) in [4.78, 5) is 24.7. The number of nitrogens with zero attached hydrogens (tertiary/aromatic N) is 5. The first-order chi connectivity index (χ1) is 13.7. The molecule has 140 valence electrons. The zero-order valence-electron chi connectivity index (χ0n) is 14.6. The second kappa shape index (κ2) is 8.01. The van der Waals surface area contributed by atoms with Gasteiger partial charge in [0.2, 0.25) is 11.7 Å². The Kier molecular flexibility index (Phi) is 5.11. The number of hydrogen-bond donors (Lipinski definition) is 1. The summed E-state index contributed by atoms with van der Waals surface area (Å²) in [6.07, 6.45) is 6.54. The molecule has 0 fully saturated rings. The number of halogens is 1. The Bertz CT molecular complexity index is 1090. The molecule has 0 radical (unpaired) electrons. The monoisotopic (exact) mass is 394 g/mol. The third kappa shape index (κ3) is 4.07. The quantitative estimate of drug-likeness (QED) is 0.539. The van der Waals surface area contributed by atoms with Gasteiger partial charge in [-0.25, -0.2) is 4.98 Å². The minimum absolute atomic E-state index is 0.118. The Morgan fingerprint density at radius 3 is 2.82 bits per heavy atom. The molecule has 4 aromatic rings. The third-order valence-electron chi connectivity index (χ3n) is 3.98. The summed E-state index contributed by atoms with van der Waals surface area (Å²) in [6.45, 7) is 0.479. The van der Waals surface area contributed by atoms with E-state index in [9.17, 15) is 4.79 Å². The molecule has 8 nitrogen and oxygen atoms in total. The van der Waals surface area contributed by atoms with Gasteiger partial charge in [-0.3, -0.25) is 9.78 Å². The lowest BCUT2D eigenvalue weighted by molar-refractivity contribution is -0.121. The van der Waals surface area contributed by atoms with E-state index in [-0.39, 0.29) is 12.5 Å². The average Bonchev–Trinajstić information content (AvgIpc) is 3.38. The standard InChI is InChI=1S/C19H15ClN6O2/c20-15-4-2-1-3-14(15)9-22-17(27)11-26-10-16(23-12-26)18-24-19(28-25-18)13-5-7-21-8-6-13/h1-8,10,12H,9,11H2,(H,22,27). The van der Waals surface area contributed by atoms with Gasteiger partial charge in [-0.1, -0.05) is 35.0 Å². The molecule has 0 bridgehead atoms. The molecule has 4 rings (SSSR count). The molecule has 0 unspecified atom stereocenters. The zero-order chi connectivity index (χ0) is 19.3. The molecule has 3 aromatic heterocycles. The first-order valence-corrected chi connectivity index (χ1v) is 8.83. The van der Waals surface area contributed by atoms with Crippen molar-refractivity contribution >= 4 is 17.5 Å². The van der Waals surface area contributed by atoms with Gasteiger partial charge in [-0.15, -0.1) is 0 Å². The van der Waals surface area contributed by atoms with Crippen molar-refractivity contribution in [3.05, 3.63) is 71.9 Å². The summed E-state index contributed by atoms with van der Waals surface area (Å²) < 4.78 is 6.92. The molecule has 0 saturated carbocycles. The van der Waals surface area contributed by atoms with E-state index in [2.05, 4.69) is 25.4 Å². The number of pyridine rings is 1. The van der Waals surface area contributed by atoms with Crippen LogP contribution in [0.15, 0.2) is 65.8 Å². The van der Waals surface area contributed by atoms with Gasteiger partial charge in [0.1, 0.15) is 12.2 Å². The molecule has 9 heteroatoms. The van der Waals surface area contributed by atoms with Crippen molar-refractivity contribution in [3.8, 4) is 23.0 Å². The molecule has 1 N–H and O–H groups in total. The van der Waals surface area contributed by atoms with Crippen LogP contribution in [0.3, 0.4) is 0 Å². The third-order valence-corrected chi connectivity index (χ3v) is 4.34. The molecule has 0 aliphatic carbocycles. The Labute approximate surface area is 165 Å². The predicted octanol–water partition coefficient (Wildman–Crippen LogP) is 2.96. The second-order valence-electron chi connectivity index (χ2n) is 5.96. The Morgan fingerprint density at radius 1 is 1.18 bits per heavy atom. The minimum atomic E-state index is -0.158. The highest BCUT2D eigenvalue weighted by atomic mass is 35.5. The summed E-state index contributed by atoms with van der Waals surface area (Å²) >= 11 is 6.09. The van der Waals surface area contributed by atoms with Crippen LogP contribution in [0.5, 0.6) is 0 Å². The number of carbonyl (C=O) groups is 1. The van der Waals surface area contributed by atoms with Crippen LogP contribution in [0.4, 0.5) is 0 Å². The van der Waals surface area contributed by atoms with Crippen LogP contribution in [-0.2, 0) is 17.9 Å². The van der Waals surface area contributed by atoms with Crippen molar-refractivity contribution in [2.45, 2.75) is 13.1 Å². The summed E-state index contributed by atoms with van der Waals surface area (Å²) in [7, 11) is 0. The Morgan fingerprint density at radius 2 is 2.00 bits per heavy atom. The molecule has 1 amide bonds. The van der Waals surface area contributed by atoms with E-state index in [4.69, 9.17) is 16.1 Å². The van der Waals surface area contributed by atoms with Crippen molar-refractivity contribution in [1.29, 1.82) is 0 Å². The van der Waals surface area contributed by atoms with E-state index >= 15 is 0 Å². The van der Waals surface area contributed by atoms with Crippen LogP contribution >= 0.6 is 11.6 Å². The molecule has 3 heterocycles. The largest absolute Gasteiger partial charge is 0.350 e. The van der Waals surface area contributed by atoms with E-state index in [0.717, 1.165) is 11.1 Å². The van der Waals surface area contributed by atoms with E-state index in [1.807, 2.05) is 18.2 Å². The maximum atomic E-state index is 12.2. The summed E-state index contributed by atoms with van der Waals surface area (Å²) in [5.41, 5.74) is 2.15. The lowest BCUT2D eigenvalue weighted by Crippen LogP contribution is -2.26. The van der Waals surface area contributed by atoms with Gasteiger partial charge < -0.3 is 14.4 Å². The van der Waals surface area contributed by atoms with Crippen LogP contribution in [-0.4, -0.2) is 30.6 Å². The summed E-state index contributed by atoms with van der Waals surface area (Å²) in [5.74, 6) is 0.570. The highest BCUT2D eigenvalue weighted by Crippen LogP contribution is 2.20. The Hall–Kier alpha value is -3.52. The van der Waals surface area contributed by atoms with Crippen molar-refractivity contribution in [2.24, 2.45) is 0 Å². The number of aromatic nitrogens is 5. The van der Waals surface area contributed by atoms with Gasteiger partial charge in [0.15, 0.2) is 0 Å².